The van der Waals surface area contributed by atoms with Gasteiger partial charge >= 0.3 is 0 Å². The van der Waals surface area contributed by atoms with Crippen LogP contribution in [0, 0.1) is 0 Å². The van der Waals surface area contributed by atoms with E-state index in [9.17, 15) is 0 Å². The Kier molecular flexibility index (Phi) is 4.31. The van der Waals surface area contributed by atoms with E-state index >= 15 is 0 Å². The molecule has 78 valence electrons. The number of hydrogen-bond acceptors (Lipinski definition) is 4. The fourth-order valence-corrected chi connectivity index (χ4v) is 1.91. The van der Waals surface area contributed by atoms with Crippen molar-refractivity contribution in [1.82, 2.24) is 4.98 Å². The number of nitrogens with two attached hydrogens (primary N) is 1. The SMILES string of the molecule is COc1cncc(Br)c1C(CN)CO. The van der Waals surface area contributed by atoms with Gasteiger partial charge in [-0.2, -0.15) is 0 Å². The Hall–Kier alpha value is -0.650. The maximum Gasteiger partial charge on any atom is 0.141 e. The lowest BCUT2D eigenvalue weighted by Gasteiger charge is -2.16. The lowest BCUT2D eigenvalue weighted by Crippen LogP contribution is -2.17. The standard InChI is InChI=1S/C9H13BrN2O2/c1-14-8-4-12-3-7(10)9(8)6(2-11)5-13/h3-4,6,13H,2,5,11H2,1H3. The molecular weight excluding hydrogens is 248 g/mol. The van der Waals surface area contributed by atoms with Crippen molar-refractivity contribution < 1.29 is 9.84 Å². The summed E-state index contributed by atoms with van der Waals surface area (Å²) in [5, 5.41) is 9.15. The first kappa shape index (κ1) is 11.4. The summed E-state index contributed by atoms with van der Waals surface area (Å²) in [5.74, 6) is 0.520. The summed E-state index contributed by atoms with van der Waals surface area (Å²) in [6, 6.07) is 0. The van der Waals surface area contributed by atoms with Crippen molar-refractivity contribution in [2.75, 3.05) is 20.3 Å². The van der Waals surface area contributed by atoms with Crippen molar-refractivity contribution in [2.45, 2.75) is 5.92 Å². The smallest absolute Gasteiger partial charge is 0.141 e. The van der Waals surface area contributed by atoms with Gasteiger partial charge in [0, 0.05) is 28.7 Å². The molecule has 5 heteroatoms. The molecule has 0 radical (unpaired) electrons. The Morgan fingerprint density at radius 3 is 2.86 bits per heavy atom. The van der Waals surface area contributed by atoms with Crippen LogP contribution in [-0.4, -0.2) is 30.4 Å². The molecule has 1 unspecified atom stereocenters. The van der Waals surface area contributed by atoms with Crippen LogP contribution in [0.25, 0.3) is 0 Å². The van der Waals surface area contributed by atoms with Crippen LogP contribution in [0.3, 0.4) is 0 Å². The first-order chi connectivity index (χ1) is 6.74. The number of hydrogen-bond donors (Lipinski definition) is 2. The number of halogens is 1. The van der Waals surface area contributed by atoms with Crippen LogP contribution >= 0.6 is 15.9 Å². The number of ether oxygens (including phenoxy) is 1. The molecule has 1 rings (SSSR count). The van der Waals surface area contributed by atoms with Crippen molar-refractivity contribution in [2.24, 2.45) is 5.73 Å². The molecule has 0 saturated heterocycles. The van der Waals surface area contributed by atoms with Crippen LogP contribution < -0.4 is 10.5 Å². The van der Waals surface area contributed by atoms with Crippen LogP contribution in [0.4, 0.5) is 0 Å². The third-order valence-electron chi connectivity index (χ3n) is 2.04. The van der Waals surface area contributed by atoms with Crippen LogP contribution in [-0.2, 0) is 0 Å². The van der Waals surface area contributed by atoms with E-state index in [2.05, 4.69) is 20.9 Å². The largest absolute Gasteiger partial charge is 0.495 e. The number of aliphatic hydroxyl groups excluding tert-OH is 1. The second-order valence-corrected chi connectivity index (χ2v) is 3.71. The van der Waals surface area contributed by atoms with Gasteiger partial charge in [-0.1, -0.05) is 0 Å². The van der Waals surface area contributed by atoms with E-state index in [1.165, 1.54) is 0 Å². The second kappa shape index (κ2) is 5.29. The van der Waals surface area contributed by atoms with Crippen LogP contribution in [0.15, 0.2) is 16.9 Å². The Morgan fingerprint density at radius 2 is 2.36 bits per heavy atom. The minimum atomic E-state index is -0.123. The molecule has 0 bridgehead atoms. The fourth-order valence-electron chi connectivity index (χ4n) is 1.27. The highest BCUT2D eigenvalue weighted by Crippen LogP contribution is 2.31. The van der Waals surface area contributed by atoms with Crippen LogP contribution in [0.1, 0.15) is 11.5 Å². The minimum Gasteiger partial charge on any atom is -0.495 e. The summed E-state index contributed by atoms with van der Waals surface area (Å²) in [4.78, 5) is 3.97. The van der Waals surface area contributed by atoms with E-state index in [0.29, 0.717) is 12.3 Å². The topological polar surface area (TPSA) is 68.4 Å². The zero-order valence-electron chi connectivity index (χ0n) is 7.90. The molecule has 0 aliphatic heterocycles. The predicted octanol–water partition coefficient (Wildman–Crippen LogP) is 0.887. The van der Waals surface area contributed by atoms with E-state index in [4.69, 9.17) is 15.6 Å². The molecular formula is C9H13BrN2O2. The third kappa shape index (κ3) is 2.23. The van der Waals surface area contributed by atoms with Gasteiger partial charge < -0.3 is 15.6 Å². The van der Waals surface area contributed by atoms with E-state index in [1.54, 1.807) is 19.5 Å². The van der Waals surface area contributed by atoms with Gasteiger partial charge in [-0.05, 0) is 15.9 Å². The molecule has 1 heterocycles. The van der Waals surface area contributed by atoms with Crippen molar-refractivity contribution in [3.05, 3.63) is 22.4 Å². The Labute approximate surface area is 91.2 Å². The molecule has 1 aromatic heterocycles. The lowest BCUT2D eigenvalue weighted by molar-refractivity contribution is 0.264. The fraction of sp³-hybridized carbons (Fsp3) is 0.444. The molecule has 0 saturated carbocycles. The summed E-state index contributed by atoms with van der Waals surface area (Å²) in [6.07, 6.45) is 3.27. The molecule has 1 atom stereocenters. The monoisotopic (exact) mass is 260 g/mol. The molecule has 0 aliphatic carbocycles. The van der Waals surface area contributed by atoms with E-state index in [0.717, 1.165) is 10.0 Å². The molecule has 0 fully saturated rings. The molecule has 0 amide bonds. The first-order valence-corrected chi connectivity index (χ1v) is 5.02. The van der Waals surface area contributed by atoms with E-state index in [1.807, 2.05) is 0 Å². The number of methoxy groups -OCH3 is 1. The quantitative estimate of drug-likeness (QED) is 0.844. The Morgan fingerprint density at radius 1 is 1.64 bits per heavy atom. The molecule has 0 aliphatic rings. The van der Waals surface area contributed by atoms with Gasteiger partial charge in [-0.15, -0.1) is 0 Å². The van der Waals surface area contributed by atoms with Crippen molar-refractivity contribution in [3.8, 4) is 5.75 Å². The summed E-state index contributed by atoms with van der Waals surface area (Å²) in [7, 11) is 1.57. The van der Waals surface area contributed by atoms with Gasteiger partial charge in [0.05, 0.1) is 19.9 Å². The third-order valence-corrected chi connectivity index (χ3v) is 2.67. The Bertz CT molecular complexity index is 303. The highest BCUT2D eigenvalue weighted by molar-refractivity contribution is 9.10. The highest BCUT2D eigenvalue weighted by Gasteiger charge is 2.17. The van der Waals surface area contributed by atoms with Crippen molar-refractivity contribution >= 4 is 15.9 Å². The predicted molar refractivity (Wildman–Crippen MR) is 57.4 cm³/mol. The van der Waals surface area contributed by atoms with E-state index in [-0.39, 0.29) is 12.5 Å². The van der Waals surface area contributed by atoms with Gasteiger partial charge in [-0.25, -0.2) is 0 Å². The van der Waals surface area contributed by atoms with Crippen molar-refractivity contribution in [3.63, 3.8) is 0 Å². The Balaban J connectivity index is 3.14. The molecule has 3 N–H and O–H groups in total. The number of rotatable bonds is 4. The van der Waals surface area contributed by atoms with Gasteiger partial charge in [-0.3, -0.25) is 4.98 Å². The van der Waals surface area contributed by atoms with Gasteiger partial charge in [0.2, 0.25) is 0 Å². The van der Waals surface area contributed by atoms with Gasteiger partial charge in [0.1, 0.15) is 5.75 Å². The first-order valence-electron chi connectivity index (χ1n) is 4.22. The summed E-state index contributed by atoms with van der Waals surface area (Å²) >= 11 is 3.36. The maximum absolute atomic E-state index is 9.15. The van der Waals surface area contributed by atoms with Crippen LogP contribution in [0.5, 0.6) is 5.75 Å². The summed E-state index contributed by atoms with van der Waals surface area (Å²) in [6.45, 7) is 0.366. The number of nitrogens with zero attached hydrogens (tertiary/aromatic N) is 1. The average molecular weight is 261 g/mol. The molecule has 1 aromatic rings. The molecule has 0 spiro atoms. The molecule has 14 heavy (non-hydrogen) atoms. The average Bonchev–Trinajstić information content (AvgIpc) is 2.22. The van der Waals surface area contributed by atoms with Gasteiger partial charge in [0.15, 0.2) is 0 Å². The zero-order chi connectivity index (χ0) is 10.6. The second-order valence-electron chi connectivity index (χ2n) is 2.85. The number of pyridine rings is 1. The normalized spacial score (nSPS) is 12.6. The molecule has 0 aromatic carbocycles. The van der Waals surface area contributed by atoms with Gasteiger partial charge in [0.25, 0.3) is 0 Å². The highest BCUT2D eigenvalue weighted by atomic mass is 79.9. The van der Waals surface area contributed by atoms with Crippen LogP contribution in [0.2, 0.25) is 0 Å². The summed E-state index contributed by atoms with van der Waals surface area (Å²) < 4.78 is 5.96. The minimum absolute atomic E-state index is 0.00449. The summed E-state index contributed by atoms with van der Waals surface area (Å²) in [5.41, 5.74) is 6.42. The molecule has 4 nitrogen and oxygen atoms in total. The van der Waals surface area contributed by atoms with Crippen molar-refractivity contribution in [1.29, 1.82) is 0 Å². The maximum atomic E-state index is 9.15. The zero-order valence-corrected chi connectivity index (χ0v) is 9.49. The van der Waals surface area contributed by atoms with E-state index < -0.39 is 0 Å². The number of aromatic nitrogens is 1. The number of aliphatic hydroxyl groups is 1. The lowest BCUT2D eigenvalue weighted by atomic mass is 10.0.